The Kier molecular flexibility index (Phi) is 4.63. The molecule has 0 atom stereocenters. The minimum absolute atomic E-state index is 0.0898. The van der Waals surface area contributed by atoms with Crippen LogP contribution in [0.1, 0.15) is 23.7 Å². The number of rotatable bonds is 4. The van der Waals surface area contributed by atoms with E-state index < -0.39 is 30.1 Å². The first-order chi connectivity index (χ1) is 8.76. The summed E-state index contributed by atoms with van der Waals surface area (Å²) in [5.41, 5.74) is -0.349. The van der Waals surface area contributed by atoms with Crippen LogP contribution in [-0.4, -0.2) is 40.3 Å². The molecule has 0 aliphatic heterocycles. The molecule has 7 heteroatoms. The zero-order chi connectivity index (χ0) is 14.6. The van der Waals surface area contributed by atoms with Gasteiger partial charge in [-0.3, -0.25) is 4.79 Å². The van der Waals surface area contributed by atoms with E-state index in [1.54, 1.807) is 6.92 Å². The van der Waals surface area contributed by atoms with Crippen LogP contribution < -0.4 is 0 Å². The molecule has 2 N–H and O–H groups in total. The molecule has 0 unspecified atom stereocenters. The molecule has 1 aromatic rings. The summed E-state index contributed by atoms with van der Waals surface area (Å²) in [7, 11) is 0. The predicted molar refractivity (Wildman–Crippen MR) is 62.0 cm³/mol. The van der Waals surface area contributed by atoms with Crippen molar-refractivity contribution in [2.45, 2.75) is 19.5 Å². The Morgan fingerprint density at radius 2 is 1.95 bits per heavy atom. The van der Waals surface area contributed by atoms with E-state index in [0.29, 0.717) is 11.3 Å². The molecule has 106 valence electrons. The molecule has 0 saturated carbocycles. The number of carbonyl (C=O) groups excluding carboxylic acids is 1. The summed E-state index contributed by atoms with van der Waals surface area (Å²) < 4.78 is 37.1. The van der Waals surface area contributed by atoms with E-state index in [1.807, 2.05) is 0 Å². The molecule has 19 heavy (non-hydrogen) atoms. The van der Waals surface area contributed by atoms with E-state index in [9.17, 15) is 28.2 Å². The van der Waals surface area contributed by atoms with Gasteiger partial charge < -0.3 is 15.1 Å². The number of hydrogen-bond donors (Lipinski definition) is 2. The lowest BCUT2D eigenvalue weighted by Crippen LogP contribution is -2.39. The number of benzene rings is 1. The summed E-state index contributed by atoms with van der Waals surface area (Å²) in [6.45, 7) is 0.154. The highest BCUT2D eigenvalue weighted by Crippen LogP contribution is 2.30. The third kappa shape index (κ3) is 4.04. The number of hydrogen-bond acceptors (Lipinski definition) is 3. The number of aromatic hydroxyl groups is 2. The van der Waals surface area contributed by atoms with Crippen LogP contribution in [0.3, 0.4) is 0 Å². The van der Waals surface area contributed by atoms with E-state index in [0.717, 1.165) is 12.1 Å². The highest BCUT2D eigenvalue weighted by molar-refractivity contribution is 5.97. The molecule has 0 heterocycles. The second kappa shape index (κ2) is 5.81. The van der Waals surface area contributed by atoms with Gasteiger partial charge in [0.25, 0.3) is 5.91 Å². The Labute approximate surface area is 108 Å². The third-order valence-electron chi connectivity index (χ3n) is 2.40. The van der Waals surface area contributed by atoms with Crippen LogP contribution in [0.2, 0.25) is 0 Å². The molecule has 0 spiro atoms. The second-order valence-electron chi connectivity index (χ2n) is 4.02. The standard InChI is InChI=1S/C12H14F3NO3/c1-2-6-16(7-12(13,14)15)11(19)8-4-3-5-9(17)10(8)18/h3-5,17-18H,2,6-7H2,1H3. The van der Waals surface area contributed by atoms with Crippen LogP contribution in [0.25, 0.3) is 0 Å². The van der Waals surface area contributed by atoms with Crippen molar-refractivity contribution in [2.75, 3.05) is 13.1 Å². The summed E-state index contributed by atoms with van der Waals surface area (Å²) in [6, 6.07) is 3.58. The first kappa shape index (κ1) is 15.1. The van der Waals surface area contributed by atoms with Gasteiger partial charge in [-0.1, -0.05) is 13.0 Å². The Bertz CT molecular complexity index is 460. The van der Waals surface area contributed by atoms with Crippen LogP contribution in [0.5, 0.6) is 11.5 Å². The lowest BCUT2D eigenvalue weighted by molar-refractivity contribution is -0.140. The average molecular weight is 277 g/mol. The van der Waals surface area contributed by atoms with E-state index in [1.165, 1.54) is 6.07 Å². The van der Waals surface area contributed by atoms with E-state index in [-0.39, 0.29) is 12.1 Å². The van der Waals surface area contributed by atoms with Gasteiger partial charge in [0.05, 0.1) is 5.56 Å². The number of phenolic OH excluding ortho intramolecular Hbond substituents is 2. The maximum absolute atomic E-state index is 12.4. The molecule has 4 nitrogen and oxygen atoms in total. The fourth-order valence-corrected chi connectivity index (χ4v) is 1.61. The molecule has 0 bridgehead atoms. The smallest absolute Gasteiger partial charge is 0.406 e. The molecule has 0 saturated heterocycles. The van der Waals surface area contributed by atoms with Crippen molar-refractivity contribution in [3.05, 3.63) is 23.8 Å². The van der Waals surface area contributed by atoms with Gasteiger partial charge in [-0.15, -0.1) is 0 Å². The van der Waals surface area contributed by atoms with Gasteiger partial charge in [-0.05, 0) is 18.6 Å². The summed E-state index contributed by atoms with van der Waals surface area (Å²) in [4.78, 5) is 12.5. The van der Waals surface area contributed by atoms with Crippen LogP contribution in [0, 0.1) is 0 Å². The molecule has 1 amide bonds. The lowest BCUT2D eigenvalue weighted by Gasteiger charge is -2.23. The second-order valence-corrected chi connectivity index (χ2v) is 4.02. The molecule has 0 aromatic heterocycles. The van der Waals surface area contributed by atoms with Crippen LogP contribution in [0.4, 0.5) is 13.2 Å². The average Bonchev–Trinajstić information content (AvgIpc) is 2.30. The molecular formula is C12H14F3NO3. The van der Waals surface area contributed by atoms with Gasteiger partial charge in [0.1, 0.15) is 6.54 Å². The van der Waals surface area contributed by atoms with E-state index in [4.69, 9.17) is 0 Å². The highest BCUT2D eigenvalue weighted by Gasteiger charge is 2.33. The molecular weight excluding hydrogens is 263 g/mol. The van der Waals surface area contributed by atoms with Crippen LogP contribution >= 0.6 is 0 Å². The quantitative estimate of drug-likeness (QED) is 0.831. The Hall–Kier alpha value is -1.92. The van der Waals surface area contributed by atoms with Crippen molar-refractivity contribution in [1.82, 2.24) is 4.90 Å². The molecule has 0 radical (unpaired) electrons. The van der Waals surface area contributed by atoms with Gasteiger partial charge in [-0.2, -0.15) is 13.2 Å². The third-order valence-corrected chi connectivity index (χ3v) is 2.40. The fraction of sp³-hybridized carbons (Fsp3) is 0.417. The van der Waals surface area contributed by atoms with Crippen molar-refractivity contribution in [1.29, 1.82) is 0 Å². The summed E-state index contributed by atoms with van der Waals surface area (Å²) >= 11 is 0. The zero-order valence-corrected chi connectivity index (χ0v) is 10.2. The van der Waals surface area contributed by atoms with Crippen molar-refractivity contribution < 1.29 is 28.2 Å². The van der Waals surface area contributed by atoms with E-state index in [2.05, 4.69) is 0 Å². The highest BCUT2D eigenvalue weighted by atomic mass is 19.4. The number of amides is 1. The number of para-hydroxylation sites is 1. The monoisotopic (exact) mass is 277 g/mol. The number of halogens is 3. The number of phenols is 2. The molecule has 0 fully saturated rings. The van der Waals surface area contributed by atoms with Gasteiger partial charge in [0.15, 0.2) is 11.5 Å². The van der Waals surface area contributed by atoms with Gasteiger partial charge >= 0.3 is 6.18 Å². The van der Waals surface area contributed by atoms with Crippen molar-refractivity contribution in [2.24, 2.45) is 0 Å². The normalized spacial score (nSPS) is 11.4. The predicted octanol–water partition coefficient (Wildman–Crippen LogP) is 2.51. The van der Waals surface area contributed by atoms with Crippen molar-refractivity contribution in [3.8, 4) is 11.5 Å². The first-order valence-corrected chi connectivity index (χ1v) is 5.63. The van der Waals surface area contributed by atoms with Crippen LogP contribution in [0.15, 0.2) is 18.2 Å². The molecule has 0 aliphatic rings. The molecule has 0 aliphatic carbocycles. The Morgan fingerprint density at radius 1 is 1.32 bits per heavy atom. The van der Waals surface area contributed by atoms with Crippen molar-refractivity contribution in [3.63, 3.8) is 0 Å². The fourth-order valence-electron chi connectivity index (χ4n) is 1.61. The first-order valence-electron chi connectivity index (χ1n) is 5.63. The summed E-state index contributed by atoms with van der Waals surface area (Å²) in [6.07, 6.45) is -4.17. The van der Waals surface area contributed by atoms with Gasteiger partial charge in [0.2, 0.25) is 0 Å². The van der Waals surface area contributed by atoms with E-state index >= 15 is 0 Å². The summed E-state index contributed by atoms with van der Waals surface area (Å²) in [5, 5.41) is 18.8. The topological polar surface area (TPSA) is 60.8 Å². The van der Waals surface area contributed by atoms with Gasteiger partial charge in [0, 0.05) is 6.54 Å². The molecule has 1 rings (SSSR count). The number of alkyl halides is 3. The zero-order valence-electron chi connectivity index (χ0n) is 10.2. The Morgan fingerprint density at radius 3 is 2.47 bits per heavy atom. The minimum Gasteiger partial charge on any atom is -0.504 e. The van der Waals surface area contributed by atoms with Gasteiger partial charge in [-0.25, -0.2) is 0 Å². The lowest BCUT2D eigenvalue weighted by atomic mass is 10.1. The number of carbonyl (C=O) groups is 1. The minimum atomic E-state index is -4.52. The largest absolute Gasteiger partial charge is 0.504 e. The van der Waals surface area contributed by atoms with Crippen molar-refractivity contribution >= 4 is 5.91 Å². The SMILES string of the molecule is CCCN(CC(F)(F)F)C(=O)c1cccc(O)c1O. The Balaban J connectivity index is 3.02. The maximum atomic E-state index is 12.4. The summed E-state index contributed by atoms with van der Waals surface area (Å²) in [5.74, 6) is -2.22. The van der Waals surface area contributed by atoms with Crippen LogP contribution in [-0.2, 0) is 0 Å². The molecule has 1 aromatic carbocycles. The number of nitrogens with zero attached hydrogens (tertiary/aromatic N) is 1. The maximum Gasteiger partial charge on any atom is 0.406 e.